The molecule has 0 N–H and O–H groups in total. The Bertz CT molecular complexity index is 4230. The Morgan fingerprint density at radius 3 is 1.90 bits per heavy atom. The van der Waals surface area contributed by atoms with Crippen LogP contribution in [0.1, 0.15) is 0 Å². The van der Waals surface area contributed by atoms with Crippen molar-refractivity contribution in [2.24, 2.45) is 0 Å². The van der Waals surface area contributed by atoms with Crippen LogP contribution in [0, 0.1) is 0 Å². The van der Waals surface area contributed by atoms with E-state index in [0.717, 1.165) is 76.2 Å². The van der Waals surface area contributed by atoms with Gasteiger partial charge >= 0.3 is 0 Å². The lowest BCUT2D eigenvalue weighted by Gasteiger charge is -2.17. The first kappa shape index (κ1) is 34.5. The molecule has 14 aromatic rings. The molecule has 0 bridgehead atoms. The van der Waals surface area contributed by atoms with Crippen LogP contribution in [0.15, 0.2) is 199 Å². The van der Waals surface area contributed by atoms with E-state index in [4.69, 9.17) is 19.4 Å². The van der Waals surface area contributed by atoms with Crippen LogP contribution in [0.2, 0.25) is 0 Å². The van der Waals surface area contributed by atoms with Gasteiger partial charge < -0.3 is 8.98 Å². The molecule has 10 aromatic carbocycles. The first-order chi connectivity index (χ1) is 31.2. The van der Waals surface area contributed by atoms with Crippen molar-refractivity contribution in [2.75, 3.05) is 0 Å². The summed E-state index contributed by atoms with van der Waals surface area (Å²) in [6.45, 7) is 0. The highest BCUT2D eigenvalue weighted by molar-refractivity contribution is 7.26. The van der Waals surface area contributed by atoms with Gasteiger partial charge in [0.2, 0.25) is 0 Å². The summed E-state index contributed by atoms with van der Waals surface area (Å²) < 4.78 is 11.5. The molecule has 0 spiro atoms. The number of hydrogen-bond acceptors (Lipinski definition) is 5. The van der Waals surface area contributed by atoms with Gasteiger partial charge in [-0.15, -0.1) is 11.3 Å². The van der Waals surface area contributed by atoms with Gasteiger partial charge in [-0.05, 0) is 75.5 Å². The van der Waals surface area contributed by atoms with Crippen molar-refractivity contribution in [2.45, 2.75) is 0 Å². The van der Waals surface area contributed by atoms with Gasteiger partial charge in [-0.1, -0.05) is 146 Å². The second-order valence-corrected chi connectivity index (χ2v) is 17.4. The van der Waals surface area contributed by atoms with E-state index < -0.39 is 0 Å². The number of benzene rings is 10. The van der Waals surface area contributed by atoms with Crippen LogP contribution in [0.5, 0.6) is 0 Å². The van der Waals surface area contributed by atoms with Gasteiger partial charge in [0.1, 0.15) is 11.2 Å². The van der Waals surface area contributed by atoms with Gasteiger partial charge in [-0.25, -0.2) is 15.0 Å². The molecule has 4 heterocycles. The molecule has 6 heteroatoms. The molecule has 0 unspecified atom stereocenters. The third-order valence-corrected chi connectivity index (χ3v) is 14.0. The van der Waals surface area contributed by atoms with E-state index in [1.807, 2.05) is 6.07 Å². The predicted octanol–water partition coefficient (Wildman–Crippen LogP) is 15.7. The number of nitrogens with zero attached hydrogens (tertiary/aromatic N) is 4. The van der Waals surface area contributed by atoms with Crippen molar-refractivity contribution in [3.63, 3.8) is 0 Å². The summed E-state index contributed by atoms with van der Waals surface area (Å²) in [5, 5.41) is 13.8. The summed E-state index contributed by atoms with van der Waals surface area (Å²) in [5.41, 5.74) is 7.58. The fraction of sp³-hybridized carbons (Fsp3) is 0. The van der Waals surface area contributed by atoms with Crippen molar-refractivity contribution >= 4 is 108 Å². The fourth-order valence-electron chi connectivity index (χ4n) is 9.90. The van der Waals surface area contributed by atoms with E-state index in [2.05, 4.69) is 193 Å². The number of aromatic nitrogens is 4. The highest BCUT2D eigenvalue weighted by Crippen LogP contribution is 2.46. The zero-order valence-corrected chi connectivity index (χ0v) is 34.4. The van der Waals surface area contributed by atoms with Crippen LogP contribution in [0.3, 0.4) is 0 Å². The second kappa shape index (κ2) is 13.2. The van der Waals surface area contributed by atoms with Crippen LogP contribution in [-0.4, -0.2) is 19.5 Å². The van der Waals surface area contributed by atoms with Crippen molar-refractivity contribution in [1.82, 2.24) is 19.5 Å². The van der Waals surface area contributed by atoms with Crippen LogP contribution in [-0.2, 0) is 0 Å². The van der Waals surface area contributed by atoms with E-state index in [9.17, 15) is 0 Å². The van der Waals surface area contributed by atoms with E-state index >= 15 is 0 Å². The lowest BCUT2D eigenvalue weighted by atomic mass is 10.0. The number of fused-ring (bicyclic) bond motifs is 13. The van der Waals surface area contributed by atoms with Gasteiger partial charge in [0.25, 0.3) is 0 Å². The van der Waals surface area contributed by atoms with E-state index in [-0.39, 0.29) is 0 Å². The maximum Gasteiger partial charge on any atom is 0.166 e. The summed E-state index contributed by atoms with van der Waals surface area (Å²) in [7, 11) is 0. The van der Waals surface area contributed by atoms with Gasteiger partial charge in [-0.3, -0.25) is 0 Å². The van der Waals surface area contributed by atoms with Crippen LogP contribution < -0.4 is 0 Å². The molecule has 0 saturated heterocycles. The Kier molecular flexibility index (Phi) is 7.21. The first-order valence-corrected chi connectivity index (χ1v) is 22.0. The molecule has 0 aliphatic carbocycles. The summed E-state index contributed by atoms with van der Waals surface area (Å²) in [6, 6.07) is 69.1. The Morgan fingerprint density at radius 2 is 1.05 bits per heavy atom. The molecule has 292 valence electrons. The average molecular weight is 821 g/mol. The number of hydrogen-bond donors (Lipinski definition) is 0. The molecule has 0 saturated carbocycles. The summed E-state index contributed by atoms with van der Waals surface area (Å²) in [4.78, 5) is 16.4. The first-order valence-electron chi connectivity index (χ1n) is 21.2. The lowest BCUT2D eigenvalue weighted by Crippen LogP contribution is -2.04. The third kappa shape index (κ3) is 5.13. The summed E-state index contributed by atoms with van der Waals surface area (Å²) in [5.74, 6) is 1.82. The SMILES string of the molecule is c1ccc2cc(-c3nc(-c4ccc5oc6ccccc6c5c4-n4c5cc6ccccc6cc5c5ccc6ccccc6c54)nc(-c4cccc5c4sc4ccccc45)n3)ccc2c1. The van der Waals surface area contributed by atoms with Crippen LogP contribution >= 0.6 is 11.3 Å². The highest BCUT2D eigenvalue weighted by Gasteiger charge is 2.26. The molecule has 5 nitrogen and oxygen atoms in total. The van der Waals surface area contributed by atoms with Crippen molar-refractivity contribution in [3.8, 4) is 39.9 Å². The summed E-state index contributed by atoms with van der Waals surface area (Å²) >= 11 is 1.78. The van der Waals surface area contributed by atoms with E-state index in [1.165, 1.54) is 42.4 Å². The largest absolute Gasteiger partial charge is 0.456 e. The normalized spacial score (nSPS) is 12.1. The number of furan rings is 1. The smallest absolute Gasteiger partial charge is 0.166 e. The molecule has 4 aromatic heterocycles. The molecular weight excluding hydrogens is 789 g/mol. The Morgan fingerprint density at radius 1 is 0.397 bits per heavy atom. The lowest BCUT2D eigenvalue weighted by molar-refractivity contribution is 0.669. The maximum absolute atomic E-state index is 6.70. The predicted molar refractivity (Wildman–Crippen MR) is 263 cm³/mol. The molecule has 0 aliphatic heterocycles. The standard InChI is InChI=1S/C57H32N4OS/c1-2-14-35-30-38(25-24-33(35)12-1)55-58-56(60-57(59-55)45-21-11-20-42-40-18-8-10-23-50(40)63-54(42)45)44-28-29-49-51(43-19-7-9-22-48(43)62-49)53(44)61-47-32-37-16-4-3-15-36(37)31-46(47)41-27-26-34-13-5-6-17-39(34)52(41)61/h1-32H. The molecular formula is C57H32N4OS. The van der Waals surface area contributed by atoms with Gasteiger partial charge in [-0.2, -0.15) is 0 Å². The minimum atomic E-state index is 0.583. The Labute approximate surface area is 363 Å². The van der Waals surface area contributed by atoms with E-state index in [0.29, 0.717) is 17.5 Å². The quantitative estimate of drug-likeness (QED) is 0.177. The van der Waals surface area contributed by atoms with Gasteiger partial charge in [0, 0.05) is 58.4 Å². The molecule has 14 rings (SSSR count). The van der Waals surface area contributed by atoms with Crippen LogP contribution in [0.4, 0.5) is 0 Å². The zero-order chi connectivity index (χ0) is 41.2. The molecule has 0 atom stereocenters. The van der Waals surface area contributed by atoms with Crippen molar-refractivity contribution < 1.29 is 4.42 Å². The molecule has 0 fully saturated rings. The van der Waals surface area contributed by atoms with Gasteiger partial charge in [0.15, 0.2) is 17.5 Å². The molecule has 0 amide bonds. The maximum atomic E-state index is 6.70. The minimum Gasteiger partial charge on any atom is -0.456 e. The molecule has 0 aliphatic rings. The minimum absolute atomic E-state index is 0.583. The highest BCUT2D eigenvalue weighted by atomic mass is 32.1. The summed E-state index contributed by atoms with van der Waals surface area (Å²) in [6.07, 6.45) is 0. The van der Waals surface area contributed by atoms with Gasteiger partial charge in [0.05, 0.1) is 22.1 Å². The van der Waals surface area contributed by atoms with E-state index in [1.54, 1.807) is 11.3 Å². The molecule has 63 heavy (non-hydrogen) atoms. The zero-order valence-electron chi connectivity index (χ0n) is 33.6. The molecule has 0 radical (unpaired) electrons. The number of para-hydroxylation sites is 1. The second-order valence-electron chi connectivity index (χ2n) is 16.3. The van der Waals surface area contributed by atoms with Crippen molar-refractivity contribution in [3.05, 3.63) is 194 Å². The van der Waals surface area contributed by atoms with Crippen LogP contribution in [0.25, 0.3) is 136 Å². The van der Waals surface area contributed by atoms with Crippen molar-refractivity contribution in [1.29, 1.82) is 0 Å². The average Bonchev–Trinajstić information content (AvgIpc) is 4.02. The fourth-order valence-corrected chi connectivity index (χ4v) is 11.1. The Hall–Kier alpha value is -8.19. The number of rotatable bonds is 4. The number of thiophene rings is 1. The topological polar surface area (TPSA) is 56.7 Å². The Balaban J connectivity index is 1.15. The monoisotopic (exact) mass is 820 g/mol. The third-order valence-electron chi connectivity index (χ3n) is 12.8.